The largest absolute Gasteiger partial charge is 1.00 e. The Morgan fingerprint density at radius 3 is 2.68 bits per heavy atom. The Morgan fingerprint density at radius 1 is 1.39 bits per heavy atom. The normalized spacial score (nSPS) is 20.6. The van der Waals surface area contributed by atoms with Crippen LogP contribution in [-0.2, 0) is 21.4 Å². The van der Waals surface area contributed by atoms with Crippen LogP contribution in [0.5, 0.6) is 0 Å². The summed E-state index contributed by atoms with van der Waals surface area (Å²) in [5.74, 6) is -4.05. The van der Waals surface area contributed by atoms with E-state index in [0.717, 1.165) is 4.90 Å². The molecular formula is C14H14F3N6NaO4S3. The van der Waals surface area contributed by atoms with Crippen molar-refractivity contribution in [3.63, 3.8) is 0 Å². The third-order valence-corrected chi connectivity index (χ3v) is 7.45. The predicted molar refractivity (Wildman–Crippen MR) is 100.0 cm³/mol. The quantitative estimate of drug-likeness (QED) is 0.211. The van der Waals surface area contributed by atoms with Crippen LogP contribution < -0.4 is 40.0 Å². The summed E-state index contributed by atoms with van der Waals surface area (Å²) in [6, 6.07) is -1.000. The second-order valence-corrected chi connectivity index (χ2v) is 9.21. The van der Waals surface area contributed by atoms with E-state index in [1.165, 1.54) is 28.2 Å². The summed E-state index contributed by atoms with van der Waals surface area (Å²) < 4.78 is 37.9. The molecule has 3 heterocycles. The Labute approximate surface area is 208 Å². The van der Waals surface area contributed by atoms with Gasteiger partial charge in [0.25, 0.3) is 5.91 Å². The van der Waals surface area contributed by atoms with Gasteiger partial charge in [-0.05, 0) is 16.0 Å². The predicted octanol–water partition coefficient (Wildman–Crippen LogP) is -3.99. The van der Waals surface area contributed by atoms with Crippen molar-refractivity contribution in [3.05, 3.63) is 11.3 Å². The van der Waals surface area contributed by atoms with E-state index in [4.69, 9.17) is 0 Å². The minimum absolute atomic E-state index is 0. The van der Waals surface area contributed by atoms with E-state index < -0.39 is 46.9 Å². The fourth-order valence-corrected chi connectivity index (χ4v) is 5.69. The Bertz CT molecular complexity index is 899. The average molecular weight is 506 g/mol. The molecule has 2 amide bonds. The van der Waals surface area contributed by atoms with Crippen LogP contribution in [0.3, 0.4) is 0 Å². The average Bonchev–Trinajstić information content (AvgIpc) is 3.07. The topological polar surface area (TPSA) is 133 Å². The number of thioether (sulfide) groups is 3. The molecule has 1 aromatic heterocycles. The second kappa shape index (κ2) is 10.8. The van der Waals surface area contributed by atoms with Crippen molar-refractivity contribution in [1.29, 1.82) is 0 Å². The fourth-order valence-electron chi connectivity index (χ4n) is 2.75. The Kier molecular flexibility index (Phi) is 9.15. The molecule has 0 aliphatic carbocycles. The molecule has 0 saturated carbocycles. The summed E-state index contributed by atoms with van der Waals surface area (Å²) in [7, 11) is 1.63. The van der Waals surface area contributed by atoms with Gasteiger partial charge in [0.15, 0.2) is 0 Å². The van der Waals surface area contributed by atoms with Crippen LogP contribution in [0, 0.1) is 0 Å². The summed E-state index contributed by atoms with van der Waals surface area (Å²) in [6.07, 6.45) is -4.39. The van der Waals surface area contributed by atoms with Crippen LogP contribution in [0.25, 0.3) is 0 Å². The molecule has 0 spiro atoms. The second-order valence-electron chi connectivity index (χ2n) is 6.18. The molecule has 1 saturated heterocycles. The van der Waals surface area contributed by atoms with Gasteiger partial charge in [-0.3, -0.25) is 14.5 Å². The first-order valence-corrected chi connectivity index (χ1v) is 11.4. The standard InChI is InChI=1S/C14H15F3N6O4S3.Na/c1-22-13(19-20-21-22)30-3-6-2-29-11-8(10(25)23(11)9(6)12(26)27)18-7(24)4-28-5-14(15,16)17;/h8,11H,2-5H2,1H3,(H,18,24)(H,26,27);/q;+1/p-1/t8-,11-;/m1./s1. The van der Waals surface area contributed by atoms with E-state index in [0.29, 0.717) is 22.5 Å². The third-order valence-electron chi connectivity index (χ3n) is 4.01. The first kappa shape index (κ1) is 26.3. The Balaban J connectivity index is 0.00000341. The molecule has 17 heteroatoms. The molecule has 10 nitrogen and oxygen atoms in total. The number of aliphatic carboxylic acids is 1. The van der Waals surface area contributed by atoms with Crippen LogP contribution in [-0.4, -0.2) is 83.5 Å². The van der Waals surface area contributed by atoms with Gasteiger partial charge in [0.2, 0.25) is 11.1 Å². The van der Waals surface area contributed by atoms with Gasteiger partial charge in [0, 0.05) is 18.6 Å². The van der Waals surface area contributed by atoms with E-state index in [9.17, 15) is 32.7 Å². The molecule has 31 heavy (non-hydrogen) atoms. The number of nitrogens with zero attached hydrogens (tertiary/aromatic N) is 5. The maximum Gasteiger partial charge on any atom is 1.00 e. The van der Waals surface area contributed by atoms with Crippen molar-refractivity contribution in [2.75, 3.05) is 23.0 Å². The Hall–Kier alpha value is -0.940. The van der Waals surface area contributed by atoms with Gasteiger partial charge in [-0.15, -0.1) is 28.6 Å². The fraction of sp³-hybridized carbons (Fsp3) is 0.571. The molecule has 2 aliphatic rings. The number of fused-ring (bicyclic) bond motifs is 1. The number of nitrogens with one attached hydrogen (secondary N) is 1. The maximum atomic E-state index is 12.5. The monoisotopic (exact) mass is 506 g/mol. The molecule has 1 fully saturated rings. The number of rotatable bonds is 8. The van der Waals surface area contributed by atoms with Gasteiger partial charge in [0.1, 0.15) is 11.4 Å². The SMILES string of the molecule is Cn1nnnc1SCC1=C(C(=O)[O-])N2C(=O)[C@@H](NC(=O)CSCC(F)(F)F)[C@H]2SC1.[Na+]. The molecule has 164 valence electrons. The molecule has 0 radical (unpaired) electrons. The van der Waals surface area contributed by atoms with Crippen molar-refractivity contribution in [3.8, 4) is 0 Å². The van der Waals surface area contributed by atoms with Crippen molar-refractivity contribution in [2.24, 2.45) is 7.05 Å². The summed E-state index contributed by atoms with van der Waals surface area (Å²) >= 11 is 2.83. The molecule has 1 N–H and O–H groups in total. The summed E-state index contributed by atoms with van der Waals surface area (Å²) in [5.41, 5.74) is 0.187. The number of carbonyl (C=O) groups excluding carboxylic acids is 3. The van der Waals surface area contributed by atoms with Crippen LogP contribution >= 0.6 is 35.3 Å². The van der Waals surface area contributed by atoms with Crippen LogP contribution in [0.4, 0.5) is 13.2 Å². The number of carbonyl (C=O) groups is 3. The van der Waals surface area contributed by atoms with Gasteiger partial charge < -0.3 is 15.2 Å². The zero-order valence-electron chi connectivity index (χ0n) is 16.2. The number of tetrazole rings is 1. The minimum atomic E-state index is -4.39. The van der Waals surface area contributed by atoms with E-state index in [1.54, 1.807) is 7.05 Å². The molecule has 0 bridgehead atoms. The van der Waals surface area contributed by atoms with Crippen molar-refractivity contribution in [1.82, 2.24) is 30.4 Å². The van der Waals surface area contributed by atoms with Crippen molar-refractivity contribution >= 4 is 53.1 Å². The van der Waals surface area contributed by atoms with Gasteiger partial charge in [-0.1, -0.05) is 11.8 Å². The van der Waals surface area contributed by atoms with Gasteiger partial charge in [-0.2, -0.15) is 13.2 Å². The van der Waals surface area contributed by atoms with E-state index in [2.05, 4.69) is 20.8 Å². The molecule has 2 aliphatic heterocycles. The smallest absolute Gasteiger partial charge is 0.543 e. The molecule has 1 aromatic rings. The molecule has 3 rings (SSSR count). The van der Waals surface area contributed by atoms with Crippen molar-refractivity contribution < 1.29 is 62.2 Å². The number of hydrogen-bond donors (Lipinski definition) is 1. The van der Waals surface area contributed by atoms with Crippen LogP contribution in [0.15, 0.2) is 16.4 Å². The van der Waals surface area contributed by atoms with Crippen LogP contribution in [0.2, 0.25) is 0 Å². The number of aryl methyl sites for hydroxylation is 1. The Morgan fingerprint density at radius 2 is 2.10 bits per heavy atom. The first-order chi connectivity index (χ1) is 14.1. The number of carboxylic acid groups (broad SMARTS) is 1. The minimum Gasteiger partial charge on any atom is -0.543 e. The van der Waals surface area contributed by atoms with E-state index in [-0.39, 0.29) is 46.8 Å². The van der Waals surface area contributed by atoms with E-state index in [1.807, 2.05) is 0 Å². The molecule has 0 unspecified atom stereocenters. The van der Waals surface area contributed by atoms with Crippen LogP contribution in [0.1, 0.15) is 0 Å². The van der Waals surface area contributed by atoms with Gasteiger partial charge in [0.05, 0.1) is 23.2 Å². The number of aromatic nitrogens is 4. The van der Waals surface area contributed by atoms with Gasteiger partial charge >= 0.3 is 35.7 Å². The zero-order chi connectivity index (χ0) is 22.1. The number of halogens is 3. The van der Waals surface area contributed by atoms with Crippen molar-refractivity contribution in [2.45, 2.75) is 22.7 Å². The summed E-state index contributed by atoms with van der Waals surface area (Å²) in [4.78, 5) is 37.0. The maximum absolute atomic E-state index is 12.5. The zero-order valence-corrected chi connectivity index (χ0v) is 20.7. The first-order valence-electron chi connectivity index (χ1n) is 8.25. The number of amides is 2. The number of β-lactam (4-membered cyclic amide) rings is 1. The van der Waals surface area contributed by atoms with E-state index >= 15 is 0 Å². The molecule has 0 aromatic carbocycles. The summed E-state index contributed by atoms with van der Waals surface area (Å²) in [6.45, 7) is 0. The van der Waals surface area contributed by atoms with Gasteiger partial charge in [-0.25, -0.2) is 4.68 Å². The summed E-state index contributed by atoms with van der Waals surface area (Å²) in [5, 5.41) is 24.8. The molecule has 2 atom stereocenters. The molecular weight excluding hydrogens is 492 g/mol. The number of alkyl halides is 3. The third kappa shape index (κ3) is 6.31. The number of carboxylic acids is 1. The number of hydrogen-bond acceptors (Lipinski definition) is 10.